The maximum Gasteiger partial charge on any atom is 0.272 e. The highest BCUT2D eigenvalue weighted by Gasteiger charge is 2.15. The maximum absolute atomic E-state index is 12.0. The summed E-state index contributed by atoms with van der Waals surface area (Å²) in [5.74, 6) is 0.575. The number of aromatic nitrogens is 1. The van der Waals surface area contributed by atoms with Crippen molar-refractivity contribution in [3.8, 4) is 5.88 Å². The Kier molecular flexibility index (Phi) is 3.51. The molecule has 0 spiro atoms. The molecule has 0 N–H and O–H groups in total. The number of nitrogens with zero attached hydrogens (tertiary/aromatic N) is 3. The minimum Gasteiger partial charge on any atom is -0.472 e. The van der Waals surface area contributed by atoms with E-state index in [1.165, 1.54) is 6.20 Å². The van der Waals surface area contributed by atoms with E-state index < -0.39 is 13.0 Å². The molecule has 2 heterocycles. The van der Waals surface area contributed by atoms with Crippen LogP contribution in [-0.4, -0.2) is 30.8 Å². The topological polar surface area (TPSA) is 37.7 Å². The van der Waals surface area contributed by atoms with Gasteiger partial charge in [-0.2, -0.15) is 5.10 Å². The van der Waals surface area contributed by atoms with E-state index in [4.69, 9.17) is 4.74 Å². The van der Waals surface area contributed by atoms with Gasteiger partial charge in [-0.15, -0.1) is 0 Å². The van der Waals surface area contributed by atoms with Crippen LogP contribution >= 0.6 is 0 Å². The van der Waals surface area contributed by atoms with Crippen LogP contribution in [0.3, 0.4) is 0 Å². The van der Waals surface area contributed by atoms with Crippen LogP contribution in [0.1, 0.15) is 6.92 Å². The van der Waals surface area contributed by atoms with Crippen LogP contribution in [0.15, 0.2) is 23.4 Å². The number of hydrogen-bond acceptors (Lipinski definition) is 4. The monoisotopic (exact) mass is 241 g/mol. The zero-order valence-electron chi connectivity index (χ0n) is 9.38. The molecule has 0 saturated heterocycles. The minimum atomic E-state index is -2.50. The molecule has 1 atom stereocenters. The first-order chi connectivity index (χ1) is 8.15. The summed E-state index contributed by atoms with van der Waals surface area (Å²) in [4.78, 5) is 3.87. The molecule has 0 aromatic carbocycles. The fourth-order valence-electron chi connectivity index (χ4n) is 1.52. The van der Waals surface area contributed by atoms with Crippen LogP contribution in [0.25, 0.3) is 0 Å². The molecule has 1 aromatic heterocycles. The fraction of sp³-hybridized carbons (Fsp3) is 0.455. The molecule has 1 aliphatic rings. The number of rotatable bonds is 4. The van der Waals surface area contributed by atoms with Gasteiger partial charge in [0.25, 0.3) is 6.43 Å². The van der Waals surface area contributed by atoms with Gasteiger partial charge in [0.1, 0.15) is 0 Å². The van der Waals surface area contributed by atoms with E-state index in [1.807, 2.05) is 6.21 Å². The van der Waals surface area contributed by atoms with Gasteiger partial charge in [-0.1, -0.05) is 6.92 Å². The van der Waals surface area contributed by atoms with E-state index in [0.29, 0.717) is 5.92 Å². The Morgan fingerprint density at radius 2 is 2.41 bits per heavy atom. The quantitative estimate of drug-likeness (QED) is 0.810. The van der Waals surface area contributed by atoms with Crippen LogP contribution in [0.2, 0.25) is 0 Å². The molecule has 0 saturated carbocycles. The largest absolute Gasteiger partial charge is 0.472 e. The van der Waals surface area contributed by atoms with Crippen molar-refractivity contribution in [2.75, 3.05) is 18.2 Å². The summed E-state index contributed by atoms with van der Waals surface area (Å²) in [6.45, 7) is 2.19. The van der Waals surface area contributed by atoms with E-state index in [9.17, 15) is 8.78 Å². The molecule has 4 nitrogen and oxygen atoms in total. The summed E-state index contributed by atoms with van der Waals surface area (Å²) in [6, 6.07) is 3.38. The standard InChI is InChI=1S/C11H13F2N3O/c1-8-5-15-16(6-8)9-2-3-14-11(4-9)17-7-10(12)13/h2-5,8,10H,6-7H2,1H3. The molecule has 1 unspecified atom stereocenters. The second-order valence-corrected chi connectivity index (χ2v) is 3.88. The van der Waals surface area contributed by atoms with Crippen molar-refractivity contribution >= 4 is 11.9 Å². The average Bonchev–Trinajstić information content (AvgIpc) is 2.74. The van der Waals surface area contributed by atoms with Crippen molar-refractivity contribution in [3.05, 3.63) is 18.3 Å². The van der Waals surface area contributed by atoms with Crippen LogP contribution < -0.4 is 9.75 Å². The lowest BCUT2D eigenvalue weighted by molar-refractivity contribution is 0.0796. The number of hydrazone groups is 1. The summed E-state index contributed by atoms with van der Waals surface area (Å²) >= 11 is 0. The number of anilines is 1. The third-order valence-corrected chi connectivity index (χ3v) is 2.30. The molecule has 1 aliphatic heterocycles. The maximum atomic E-state index is 12.0. The average molecular weight is 241 g/mol. The Morgan fingerprint density at radius 1 is 1.59 bits per heavy atom. The molecule has 2 rings (SSSR count). The molecule has 0 amide bonds. The van der Waals surface area contributed by atoms with Crippen molar-refractivity contribution in [3.63, 3.8) is 0 Å². The van der Waals surface area contributed by atoms with E-state index in [0.717, 1.165) is 12.2 Å². The first-order valence-corrected chi connectivity index (χ1v) is 5.34. The molecule has 0 fully saturated rings. The lowest BCUT2D eigenvalue weighted by atomic mass is 10.2. The third kappa shape index (κ3) is 3.12. The number of hydrogen-bond donors (Lipinski definition) is 0. The first-order valence-electron chi connectivity index (χ1n) is 5.34. The van der Waals surface area contributed by atoms with Crippen molar-refractivity contribution in [2.24, 2.45) is 11.0 Å². The predicted molar refractivity (Wildman–Crippen MR) is 60.7 cm³/mol. The van der Waals surface area contributed by atoms with Gasteiger partial charge in [-0.3, -0.25) is 5.01 Å². The number of halogens is 2. The zero-order chi connectivity index (χ0) is 12.3. The van der Waals surface area contributed by atoms with Gasteiger partial charge in [0.2, 0.25) is 5.88 Å². The van der Waals surface area contributed by atoms with E-state index >= 15 is 0 Å². The lowest BCUT2D eigenvalue weighted by Crippen LogP contribution is -2.16. The van der Waals surface area contributed by atoms with Crippen molar-refractivity contribution in [1.29, 1.82) is 0 Å². The number of alkyl halides is 2. The summed E-state index contributed by atoms with van der Waals surface area (Å²) in [6.07, 6.45) is 0.875. The van der Waals surface area contributed by atoms with Gasteiger partial charge in [0, 0.05) is 30.9 Å². The summed E-state index contributed by atoms with van der Waals surface area (Å²) < 4.78 is 28.8. The summed E-state index contributed by atoms with van der Waals surface area (Å²) in [5.41, 5.74) is 0.796. The predicted octanol–water partition coefficient (Wildman–Crippen LogP) is 2.17. The number of ether oxygens (including phenoxy) is 1. The normalized spacial score (nSPS) is 19.1. The second-order valence-electron chi connectivity index (χ2n) is 3.88. The van der Waals surface area contributed by atoms with Crippen molar-refractivity contribution in [1.82, 2.24) is 4.98 Å². The summed E-state index contributed by atoms with van der Waals surface area (Å²) in [7, 11) is 0. The molecular weight excluding hydrogens is 228 g/mol. The van der Waals surface area contributed by atoms with Crippen molar-refractivity contribution < 1.29 is 13.5 Å². The van der Waals surface area contributed by atoms with Crippen LogP contribution in [0, 0.1) is 5.92 Å². The molecule has 0 bridgehead atoms. The SMILES string of the molecule is CC1C=NN(c2ccnc(OCC(F)F)c2)C1. The van der Waals surface area contributed by atoms with E-state index in [-0.39, 0.29) is 5.88 Å². The second kappa shape index (κ2) is 5.07. The highest BCUT2D eigenvalue weighted by molar-refractivity contribution is 5.67. The van der Waals surface area contributed by atoms with Gasteiger partial charge >= 0.3 is 0 Å². The number of pyridine rings is 1. The van der Waals surface area contributed by atoms with E-state index in [1.54, 1.807) is 17.1 Å². The van der Waals surface area contributed by atoms with Gasteiger partial charge in [0.15, 0.2) is 6.61 Å². The van der Waals surface area contributed by atoms with E-state index in [2.05, 4.69) is 17.0 Å². The first kappa shape index (κ1) is 11.8. The van der Waals surface area contributed by atoms with Gasteiger partial charge < -0.3 is 4.74 Å². The highest BCUT2D eigenvalue weighted by atomic mass is 19.3. The van der Waals surface area contributed by atoms with Gasteiger partial charge in [-0.05, 0) is 6.07 Å². The van der Waals surface area contributed by atoms with Gasteiger partial charge in [-0.25, -0.2) is 13.8 Å². The zero-order valence-corrected chi connectivity index (χ0v) is 9.38. The molecule has 0 aliphatic carbocycles. The van der Waals surface area contributed by atoms with Gasteiger partial charge in [0.05, 0.1) is 5.69 Å². The smallest absolute Gasteiger partial charge is 0.272 e. The highest BCUT2D eigenvalue weighted by Crippen LogP contribution is 2.22. The Morgan fingerprint density at radius 3 is 3.06 bits per heavy atom. The third-order valence-electron chi connectivity index (χ3n) is 2.30. The molecular formula is C11H13F2N3O. The molecule has 17 heavy (non-hydrogen) atoms. The lowest BCUT2D eigenvalue weighted by Gasteiger charge is -2.15. The molecule has 1 aromatic rings. The van der Waals surface area contributed by atoms with Crippen LogP contribution in [-0.2, 0) is 0 Å². The van der Waals surface area contributed by atoms with Crippen LogP contribution in [0.5, 0.6) is 5.88 Å². The van der Waals surface area contributed by atoms with Crippen LogP contribution in [0.4, 0.5) is 14.5 Å². The molecule has 0 radical (unpaired) electrons. The summed E-state index contributed by atoms with van der Waals surface area (Å²) in [5, 5.41) is 5.99. The fourth-order valence-corrected chi connectivity index (χ4v) is 1.52. The Bertz CT molecular complexity index is 411. The minimum absolute atomic E-state index is 0.192. The Labute approximate surface area is 97.9 Å². The Balaban J connectivity index is 2.04. The molecule has 6 heteroatoms. The molecule has 92 valence electrons. The Hall–Kier alpha value is -1.72. The van der Waals surface area contributed by atoms with Crippen molar-refractivity contribution in [2.45, 2.75) is 13.3 Å².